The van der Waals surface area contributed by atoms with E-state index in [-0.39, 0.29) is 30.6 Å². The molecule has 0 aliphatic heterocycles. The van der Waals surface area contributed by atoms with E-state index in [4.69, 9.17) is 5.11 Å². The summed E-state index contributed by atoms with van der Waals surface area (Å²) in [5, 5.41) is 28.0. The minimum absolute atomic E-state index is 0.104. The molecule has 0 amide bonds. The van der Waals surface area contributed by atoms with Crippen LogP contribution >= 0.6 is 0 Å². The van der Waals surface area contributed by atoms with Crippen LogP contribution in [0.15, 0.2) is 29.7 Å². The SMILES string of the molecule is N#CC1(c2ccc(F)nc2)CCC(O)=C(C(=O)O)C1. The van der Waals surface area contributed by atoms with E-state index in [0.717, 1.165) is 6.07 Å². The Hall–Kier alpha value is -2.42. The number of halogens is 1. The van der Waals surface area contributed by atoms with Crippen molar-refractivity contribution >= 4 is 5.97 Å². The number of allylic oxidation sites excluding steroid dienone is 1. The number of aliphatic carboxylic acids is 1. The maximum atomic E-state index is 12.8. The second-order valence-corrected chi connectivity index (χ2v) is 4.47. The van der Waals surface area contributed by atoms with E-state index < -0.39 is 17.3 Å². The molecule has 98 valence electrons. The van der Waals surface area contributed by atoms with Crippen LogP contribution in [-0.2, 0) is 10.2 Å². The minimum Gasteiger partial charge on any atom is -0.512 e. The molecule has 1 aromatic heterocycles. The van der Waals surface area contributed by atoms with Gasteiger partial charge < -0.3 is 10.2 Å². The Morgan fingerprint density at radius 1 is 1.53 bits per heavy atom. The number of hydrogen-bond acceptors (Lipinski definition) is 4. The Morgan fingerprint density at radius 2 is 2.26 bits per heavy atom. The number of nitriles is 1. The summed E-state index contributed by atoms with van der Waals surface area (Å²) in [4.78, 5) is 14.5. The molecule has 0 saturated heterocycles. The zero-order valence-electron chi connectivity index (χ0n) is 9.93. The number of carbonyl (C=O) groups is 1. The highest BCUT2D eigenvalue weighted by molar-refractivity contribution is 5.87. The summed E-state index contributed by atoms with van der Waals surface area (Å²) in [5.41, 5.74) is -0.791. The fourth-order valence-electron chi connectivity index (χ4n) is 2.24. The van der Waals surface area contributed by atoms with Gasteiger partial charge >= 0.3 is 5.97 Å². The Bertz CT molecular complexity index is 589. The van der Waals surface area contributed by atoms with E-state index >= 15 is 0 Å². The van der Waals surface area contributed by atoms with Gasteiger partial charge in [-0.25, -0.2) is 9.78 Å². The third-order valence-electron chi connectivity index (χ3n) is 3.37. The van der Waals surface area contributed by atoms with E-state index in [2.05, 4.69) is 11.1 Å². The number of hydrogen-bond donors (Lipinski definition) is 2. The number of aliphatic hydroxyl groups excluding tert-OH is 1. The zero-order chi connectivity index (χ0) is 14.0. The molecule has 1 aromatic rings. The molecule has 6 heteroatoms. The third kappa shape index (κ3) is 2.27. The van der Waals surface area contributed by atoms with Gasteiger partial charge in [-0.3, -0.25) is 0 Å². The first-order valence-corrected chi connectivity index (χ1v) is 5.66. The molecule has 0 fully saturated rings. The number of pyridine rings is 1. The molecule has 1 aliphatic rings. The van der Waals surface area contributed by atoms with Crippen molar-refractivity contribution in [3.05, 3.63) is 41.2 Å². The largest absolute Gasteiger partial charge is 0.512 e. The Balaban J connectivity index is 2.44. The van der Waals surface area contributed by atoms with Gasteiger partial charge in [-0.1, -0.05) is 6.07 Å². The lowest BCUT2D eigenvalue weighted by molar-refractivity contribution is -0.133. The van der Waals surface area contributed by atoms with Crippen LogP contribution in [-0.4, -0.2) is 21.2 Å². The lowest BCUT2D eigenvalue weighted by atomic mass is 9.70. The average Bonchev–Trinajstić information content (AvgIpc) is 2.40. The summed E-state index contributed by atoms with van der Waals surface area (Å²) in [6.07, 6.45) is 1.50. The molecule has 1 aliphatic carbocycles. The molecule has 0 radical (unpaired) electrons. The molecule has 0 saturated carbocycles. The monoisotopic (exact) mass is 262 g/mol. The Kier molecular flexibility index (Phi) is 3.21. The number of rotatable bonds is 2. The maximum Gasteiger partial charge on any atom is 0.335 e. The van der Waals surface area contributed by atoms with Gasteiger partial charge in [0.2, 0.25) is 5.95 Å². The van der Waals surface area contributed by atoms with Crippen LogP contribution in [0.1, 0.15) is 24.8 Å². The summed E-state index contributed by atoms with van der Waals surface area (Å²) >= 11 is 0. The third-order valence-corrected chi connectivity index (χ3v) is 3.37. The van der Waals surface area contributed by atoms with E-state index in [1.165, 1.54) is 12.3 Å². The Labute approximate surface area is 108 Å². The van der Waals surface area contributed by atoms with Gasteiger partial charge in [0, 0.05) is 19.0 Å². The van der Waals surface area contributed by atoms with Crippen LogP contribution in [0.3, 0.4) is 0 Å². The number of aromatic nitrogens is 1. The first-order chi connectivity index (χ1) is 8.98. The number of nitrogens with zero attached hydrogens (tertiary/aromatic N) is 2. The van der Waals surface area contributed by atoms with Crippen molar-refractivity contribution in [2.24, 2.45) is 0 Å². The highest BCUT2D eigenvalue weighted by atomic mass is 19.1. The van der Waals surface area contributed by atoms with Crippen molar-refractivity contribution in [3.63, 3.8) is 0 Å². The summed E-state index contributed by atoms with van der Waals surface area (Å²) in [6.45, 7) is 0. The molecule has 1 unspecified atom stereocenters. The highest BCUT2D eigenvalue weighted by Gasteiger charge is 2.40. The van der Waals surface area contributed by atoms with Gasteiger partial charge in [0.25, 0.3) is 0 Å². The minimum atomic E-state index is -1.24. The lowest BCUT2D eigenvalue weighted by Gasteiger charge is -2.31. The molecule has 2 rings (SSSR count). The van der Waals surface area contributed by atoms with Crippen LogP contribution in [0.2, 0.25) is 0 Å². The molecule has 0 spiro atoms. The van der Waals surface area contributed by atoms with Crippen molar-refractivity contribution in [2.45, 2.75) is 24.7 Å². The van der Waals surface area contributed by atoms with Crippen LogP contribution in [0.5, 0.6) is 0 Å². The smallest absolute Gasteiger partial charge is 0.335 e. The standard InChI is InChI=1S/C13H11FN2O3/c14-11-2-1-8(6-16-11)13(7-15)4-3-10(17)9(5-13)12(18)19/h1-2,6,17H,3-5H2,(H,18,19). The fraction of sp³-hybridized carbons (Fsp3) is 0.308. The summed E-state index contributed by atoms with van der Waals surface area (Å²) in [5.74, 6) is -2.11. The van der Waals surface area contributed by atoms with Crippen LogP contribution < -0.4 is 0 Å². The molecule has 1 heterocycles. The molecular formula is C13H11FN2O3. The van der Waals surface area contributed by atoms with Crippen LogP contribution in [0, 0.1) is 17.3 Å². The molecule has 2 N–H and O–H groups in total. The van der Waals surface area contributed by atoms with E-state index in [1.807, 2.05) is 0 Å². The quantitative estimate of drug-likeness (QED) is 0.795. The number of carboxylic acid groups (broad SMARTS) is 1. The van der Waals surface area contributed by atoms with Crippen molar-refractivity contribution in [1.82, 2.24) is 4.98 Å². The topological polar surface area (TPSA) is 94.2 Å². The fourth-order valence-corrected chi connectivity index (χ4v) is 2.24. The van der Waals surface area contributed by atoms with Crippen molar-refractivity contribution in [3.8, 4) is 6.07 Å². The predicted octanol–water partition coefficient (Wildman–Crippen LogP) is 2.06. The molecule has 5 nitrogen and oxygen atoms in total. The molecule has 0 bridgehead atoms. The van der Waals surface area contributed by atoms with Crippen molar-refractivity contribution < 1.29 is 19.4 Å². The van der Waals surface area contributed by atoms with Crippen molar-refractivity contribution in [1.29, 1.82) is 5.26 Å². The maximum absolute atomic E-state index is 12.8. The summed E-state index contributed by atoms with van der Waals surface area (Å²) < 4.78 is 12.8. The second kappa shape index (κ2) is 4.69. The first-order valence-electron chi connectivity index (χ1n) is 5.66. The normalized spacial score (nSPS) is 22.9. The van der Waals surface area contributed by atoms with Crippen LogP contribution in [0.4, 0.5) is 4.39 Å². The van der Waals surface area contributed by atoms with Crippen LogP contribution in [0.25, 0.3) is 0 Å². The molecular weight excluding hydrogens is 251 g/mol. The summed E-state index contributed by atoms with van der Waals surface area (Å²) in [7, 11) is 0. The molecule has 19 heavy (non-hydrogen) atoms. The predicted molar refractivity (Wildman–Crippen MR) is 62.6 cm³/mol. The second-order valence-electron chi connectivity index (χ2n) is 4.47. The van der Waals surface area contributed by atoms with E-state index in [1.54, 1.807) is 0 Å². The van der Waals surface area contributed by atoms with Gasteiger partial charge in [0.1, 0.15) is 5.76 Å². The van der Waals surface area contributed by atoms with Gasteiger partial charge in [0.05, 0.1) is 17.1 Å². The van der Waals surface area contributed by atoms with Gasteiger partial charge in [-0.2, -0.15) is 9.65 Å². The first kappa shape index (κ1) is 13.0. The van der Waals surface area contributed by atoms with E-state index in [9.17, 15) is 19.6 Å². The molecule has 0 aromatic carbocycles. The van der Waals surface area contributed by atoms with Gasteiger partial charge in [-0.05, 0) is 18.1 Å². The van der Waals surface area contributed by atoms with Gasteiger partial charge in [-0.15, -0.1) is 0 Å². The Morgan fingerprint density at radius 3 is 2.79 bits per heavy atom. The van der Waals surface area contributed by atoms with E-state index in [0.29, 0.717) is 5.56 Å². The number of carboxylic acids is 1. The highest BCUT2D eigenvalue weighted by Crippen LogP contribution is 2.40. The number of aliphatic hydroxyl groups is 1. The summed E-state index contributed by atoms with van der Waals surface area (Å²) in [6, 6.07) is 4.64. The molecule has 1 atom stereocenters. The lowest BCUT2D eigenvalue weighted by Crippen LogP contribution is -2.31. The van der Waals surface area contributed by atoms with Crippen molar-refractivity contribution in [2.75, 3.05) is 0 Å². The van der Waals surface area contributed by atoms with Gasteiger partial charge in [0.15, 0.2) is 0 Å². The zero-order valence-corrected chi connectivity index (χ0v) is 9.93. The average molecular weight is 262 g/mol.